The quantitative estimate of drug-likeness (QED) is 0.0414. The van der Waals surface area contributed by atoms with Crippen LogP contribution in [-0.2, 0) is 50.9 Å². The molecule has 0 spiro atoms. The fourth-order valence-corrected chi connectivity index (χ4v) is 12.4. The van der Waals surface area contributed by atoms with Crippen LogP contribution in [0, 0.1) is 5.92 Å². The van der Waals surface area contributed by atoms with Gasteiger partial charge in [-0.1, -0.05) is 115 Å². The predicted octanol–water partition coefficient (Wildman–Crippen LogP) is 3.74. The van der Waals surface area contributed by atoms with E-state index < -0.39 is 160 Å². The van der Waals surface area contributed by atoms with E-state index in [9.17, 15) is 68.8 Å². The summed E-state index contributed by atoms with van der Waals surface area (Å²) >= 11 is 3.37. The molecule has 92 heavy (non-hydrogen) atoms. The minimum absolute atomic E-state index is 0.0181. The Morgan fingerprint density at radius 1 is 0.652 bits per heavy atom. The minimum atomic E-state index is -3.68. The Labute approximate surface area is 542 Å². The number of β-amino-alcohol motifs (C(OH)–C–C–N with tert-alkyl or cyclic N) is 1. The average Bonchev–Trinajstić information content (AvgIpc) is 1.62. The molecular formula is C66H81BrN7O17P. The summed E-state index contributed by atoms with van der Waals surface area (Å²) in [4.78, 5) is 103. The molecule has 5 aromatic rings. The second-order valence-electron chi connectivity index (χ2n) is 23.8. The maximum Gasteiger partial charge on any atom is 0.376 e. The number of aliphatic hydroxyl groups excluding tert-OH is 6. The van der Waals surface area contributed by atoms with Gasteiger partial charge in [-0.3, -0.25) is 38.1 Å². The lowest BCUT2D eigenvalue weighted by molar-refractivity contribution is -0.147. The van der Waals surface area contributed by atoms with Crippen LogP contribution in [-0.4, -0.2) is 188 Å². The van der Waals surface area contributed by atoms with Crippen LogP contribution in [0.25, 0.3) is 22.3 Å². The zero-order valence-corrected chi connectivity index (χ0v) is 54.2. The van der Waals surface area contributed by atoms with Gasteiger partial charge < -0.3 is 76.3 Å². The van der Waals surface area contributed by atoms with Gasteiger partial charge in [0.05, 0.1) is 49.8 Å². The maximum atomic E-state index is 14.6. The van der Waals surface area contributed by atoms with E-state index in [1.165, 1.54) is 50.0 Å². The molecule has 3 aliphatic heterocycles. The molecule has 3 aliphatic rings. The van der Waals surface area contributed by atoms with E-state index in [0.717, 1.165) is 74.0 Å². The number of nitrogens with zero attached hydrogens (tertiary/aromatic N) is 2. The Bertz CT molecular complexity index is 3420. The maximum absolute atomic E-state index is 14.6. The highest BCUT2D eigenvalue weighted by atomic mass is 79.9. The molecule has 3 heterocycles. The molecule has 0 bridgehead atoms. The second kappa shape index (κ2) is 31.8. The van der Waals surface area contributed by atoms with Crippen LogP contribution < -0.4 is 35.8 Å². The second-order valence-corrected chi connectivity index (χ2v) is 26.7. The van der Waals surface area contributed by atoms with Crippen molar-refractivity contribution in [2.45, 2.75) is 146 Å². The molecule has 3 fully saturated rings. The third-order valence-electron chi connectivity index (χ3n) is 16.4. The topological polar surface area (TPSA) is 352 Å². The highest BCUT2D eigenvalue weighted by Crippen LogP contribution is 2.45. The van der Waals surface area contributed by atoms with Gasteiger partial charge in [-0.15, -0.1) is 0 Å². The van der Waals surface area contributed by atoms with Crippen molar-refractivity contribution >= 4 is 64.9 Å². The van der Waals surface area contributed by atoms with Gasteiger partial charge in [-0.2, -0.15) is 0 Å². The highest BCUT2D eigenvalue weighted by Gasteiger charge is 2.49. The smallest absolute Gasteiger partial charge is 0.376 e. The molecule has 14 atom stereocenters. The van der Waals surface area contributed by atoms with Crippen molar-refractivity contribution in [3.63, 3.8) is 0 Å². The van der Waals surface area contributed by atoms with Crippen molar-refractivity contribution in [3.05, 3.63) is 142 Å². The Hall–Kier alpha value is -7.58. The largest absolute Gasteiger partial charge is 0.494 e. The summed E-state index contributed by atoms with van der Waals surface area (Å²) in [6, 6.07) is 24.3. The summed E-state index contributed by atoms with van der Waals surface area (Å²) < 4.78 is 31.3. The molecule has 26 heteroatoms. The van der Waals surface area contributed by atoms with Gasteiger partial charge in [0.1, 0.15) is 47.8 Å². The SMILES string of the molecule is CCCCCOc1ccc(-c2ccc(-c3ccc(C(=O)N[C@H]4C[C@@H](O)CNC(=O)[C@@H]5[C@@H](O)[C@@H](C)CN5C(=O)[C@H]([C@@H](C)O)NC(=O)[C@H]([C@H](O)Cc5ccc(OP(C)(=O)OCc6ccc(Br)cc6)cc5)NC(=O)[C@@H]5C[C@@H](O)CN5C(=O)[C@H]([C@@H](C)O)NC4=O)cc3)cc2)cc1. The zero-order chi connectivity index (χ0) is 66.6. The Morgan fingerprint density at radius 2 is 1.18 bits per heavy atom. The van der Waals surface area contributed by atoms with Crippen LogP contribution in [0.15, 0.2) is 126 Å². The molecule has 7 amide bonds. The number of fused-ring (bicyclic) bond motifs is 2. The summed E-state index contributed by atoms with van der Waals surface area (Å²) in [6.07, 6.45) is -8.10. The minimum Gasteiger partial charge on any atom is -0.494 e. The summed E-state index contributed by atoms with van der Waals surface area (Å²) in [5.74, 6) is -7.23. The van der Waals surface area contributed by atoms with Crippen LogP contribution in [0.1, 0.15) is 81.3 Å². The first-order chi connectivity index (χ1) is 43.8. The van der Waals surface area contributed by atoms with Gasteiger partial charge in [0.2, 0.25) is 35.4 Å². The fourth-order valence-electron chi connectivity index (χ4n) is 11.2. The molecule has 0 radical (unpaired) electrons. The number of benzene rings is 5. The number of hydrogen-bond donors (Lipinski definition) is 11. The summed E-state index contributed by atoms with van der Waals surface area (Å²) in [7, 11) is -3.68. The first-order valence-electron chi connectivity index (χ1n) is 30.7. The summed E-state index contributed by atoms with van der Waals surface area (Å²) in [5, 5.41) is 80.6. The molecule has 11 N–H and O–H groups in total. The number of rotatable bonds is 19. The first-order valence-corrected chi connectivity index (χ1v) is 33.5. The number of unbranched alkanes of at least 4 members (excludes halogenated alkanes) is 2. The van der Waals surface area contributed by atoms with E-state index in [-0.39, 0.29) is 24.5 Å². The Balaban J connectivity index is 1.03. The third kappa shape index (κ3) is 18.4. The molecule has 3 saturated heterocycles. The standard InChI is InChI=1S/C66H81BrN7O17P/c1-6-7-8-29-89-50-27-21-45(22-28-50)43-15-13-42(14-16-43)44-17-19-46(20-18-44)60(81)69-52-31-48(77)33-68-64(85)58-59(80)37(2)34-74(58)66(87)56(39(4)76)71-63(84)57(72-62(83)53-32-49(78)35-73(53)65(86)55(38(3)75)70-61(52)82)54(79)30-40-11-25-51(26-12-40)91-92(5,88)90-36-41-9-23-47(67)24-10-41/h9-28,37-39,48-49,52-59,75-80H,6-8,29-36H2,1-5H3,(H,68,85)(H,69,81)(H,70,82)(H,71,84)(H,72,83)/t37-,38+,39+,48+,49+,52-,53-,54+,55-,56-,57-,58-,59-,92?/m0/s1. The van der Waals surface area contributed by atoms with Crippen LogP contribution in [0.4, 0.5) is 0 Å². The number of ether oxygens (including phenoxy) is 1. The monoisotopic (exact) mass is 1350 g/mol. The predicted molar refractivity (Wildman–Crippen MR) is 342 cm³/mol. The van der Waals surface area contributed by atoms with Gasteiger partial charge in [0, 0.05) is 61.5 Å². The fraction of sp³-hybridized carbons (Fsp3) is 0.439. The van der Waals surface area contributed by atoms with Crippen LogP contribution >= 0.6 is 23.5 Å². The van der Waals surface area contributed by atoms with E-state index >= 15 is 0 Å². The summed E-state index contributed by atoms with van der Waals surface area (Å²) in [6.45, 7) is 6.52. The number of carbonyl (C=O) groups is 7. The molecule has 0 saturated carbocycles. The van der Waals surface area contributed by atoms with Gasteiger partial charge in [0.15, 0.2) is 0 Å². The van der Waals surface area contributed by atoms with Crippen LogP contribution in [0.2, 0.25) is 0 Å². The molecule has 0 aromatic heterocycles. The first kappa shape index (κ1) is 70.3. The van der Waals surface area contributed by atoms with Crippen molar-refractivity contribution in [2.75, 3.05) is 32.9 Å². The molecule has 24 nitrogen and oxygen atoms in total. The van der Waals surface area contributed by atoms with E-state index in [2.05, 4.69) is 49.4 Å². The van der Waals surface area contributed by atoms with Crippen molar-refractivity contribution in [2.24, 2.45) is 5.92 Å². The van der Waals surface area contributed by atoms with Gasteiger partial charge in [-0.05, 0) is 102 Å². The Morgan fingerprint density at radius 3 is 1.77 bits per heavy atom. The normalized spacial score (nSPS) is 25.3. The number of nitrogens with one attached hydrogen (secondary N) is 5. The number of halogens is 1. The van der Waals surface area contributed by atoms with E-state index in [4.69, 9.17) is 13.8 Å². The molecule has 1 unspecified atom stereocenters. The molecular weight excluding hydrogens is 1270 g/mol. The number of aliphatic hydroxyl groups is 6. The average molecular weight is 1360 g/mol. The zero-order valence-electron chi connectivity index (χ0n) is 51.7. The molecule has 5 aromatic carbocycles. The van der Waals surface area contributed by atoms with Crippen LogP contribution in [0.5, 0.6) is 11.5 Å². The number of amides is 7. The molecule has 494 valence electrons. The highest BCUT2D eigenvalue weighted by molar-refractivity contribution is 9.10. The van der Waals surface area contributed by atoms with Crippen molar-refractivity contribution < 1.29 is 82.6 Å². The van der Waals surface area contributed by atoms with E-state index in [0.29, 0.717) is 12.2 Å². The van der Waals surface area contributed by atoms with E-state index in [1.54, 1.807) is 43.3 Å². The van der Waals surface area contributed by atoms with E-state index in [1.807, 2.05) is 48.5 Å². The lowest BCUT2D eigenvalue weighted by atomic mass is 9.99. The summed E-state index contributed by atoms with van der Waals surface area (Å²) in [5.41, 5.74) is 4.70. The third-order valence-corrected chi connectivity index (χ3v) is 18.1. The number of hydrogen-bond acceptors (Lipinski definition) is 17. The molecule has 0 aliphatic carbocycles. The number of carbonyl (C=O) groups excluding carboxylic acids is 7. The lowest BCUT2D eigenvalue weighted by Gasteiger charge is -2.33. The lowest BCUT2D eigenvalue weighted by Crippen LogP contribution is -2.64. The van der Waals surface area contributed by atoms with Crippen molar-refractivity contribution in [3.8, 4) is 33.8 Å². The Kier molecular flexibility index (Phi) is 24.3. The van der Waals surface area contributed by atoms with Crippen molar-refractivity contribution in [1.29, 1.82) is 0 Å². The molecule has 8 rings (SSSR count). The van der Waals surface area contributed by atoms with Gasteiger partial charge in [0.25, 0.3) is 5.91 Å². The van der Waals surface area contributed by atoms with Crippen LogP contribution in [0.3, 0.4) is 0 Å². The van der Waals surface area contributed by atoms with Gasteiger partial charge >= 0.3 is 7.60 Å². The van der Waals surface area contributed by atoms with Crippen molar-refractivity contribution in [1.82, 2.24) is 36.4 Å². The van der Waals surface area contributed by atoms with Gasteiger partial charge in [-0.25, -0.2) is 4.57 Å².